The van der Waals surface area contributed by atoms with Crippen LogP contribution in [0.5, 0.6) is 0 Å². The average molecular weight is 1460 g/mol. The van der Waals surface area contributed by atoms with Gasteiger partial charge in [0.05, 0.1) is 70.9 Å². The molecule has 2 saturated heterocycles. The number of imidazole rings is 4. The molecule has 28 heteroatoms. The molecule has 18 heterocycles. The van der Waals surface area contributed by atoms with Crippen molar-refractivity contribution < 1.29 is 13.3 Å². The van der Waals surface area contributed by atoms with Crippen LogP contribution in [0.1, 0.15) is 22.3 Å². The Bertz CT molecular complexity index is 6480. The van der Waals surface area contributed by atoms with Gasteiger partial charge in [-0.2, -0.15) is 15.0 Å². The third-order valence-electron chi connectivity index (χ3n) is 23.6. The number of nitrogens with zero attached hydrogens (tertiary/aromatic N) is 16. The van der Waals surface area contributed by atoms with Crippen LogP contribution in [0.2, 0.25) is 0 Å². The molecule has 112 heavy (non-hydrogen) atoms. The summed E-state index contributed by atoms with van der Waals surface area (Å²) in [6, 6.07) is 58.7. The summed E-state index contributed by atoms with van der Waals surface area (Å²) in [4.78, 5) is 20.4. The topological polar surface area (TPSA) is 135 Å². The summed E-state index contributed by atoms with van der Waals surface area (Å²) in [7, 11) is 0. The fraction of sp³-hybridized carbons (Fsp3) is 0. The highest BCUT2D eigenvalue weighted by Gasteiger charge is 2.53. The third kappa shape index (κ3) is 9.02. The first-order valence-corrected chi connectivity index (χ1v) is 38.7. The van der Waals surface area contributed by atoms with E-state index in [1.807, 2.05) is 54.6 Å². The Hall–Kier alpha value is -14.0. The number of para-hydroxylation sites is 11. The van der Waals surface area contributed by atoms with Crippen molar-refractivity contribution in [1.29, 1.82) is 0 Å². The molecule has 0 atom stereocenters. The van der Waals surface area contributed by atoms with Crippen molar-refractivity contribution in [1.82, 2.24) is 75.3 Å². The van der Waals surface area contributed by atoms with Gasteiger partial charge in [0.25, 0.3) is 0 Å². The molecular formula is C84H56B8N16O3S. The van der Waals surface area contributed by atoms with Gasteiger partial charge in [0.2, 0.25) is 0 Å². The Balaban J connectivity index is 0.000000127. The quantitative estimate of drug-likeness (QED) is 0.155. The predicted molar refractivity (Wildman–Crippen MR) is 458 cm³/mol. The maximum absolute atomic E-state index is 6.54. The van der Waals surface area contributed by atoms with Gasteiger partial charge >= 0.3 is 73.4 Å². The highest BCUT2D eigenvalue weighted by molar-refractivity contribution is 7.24. The van der Waals surface area contributed by atoms with Gasteiger partial charge in [-0.1, -0.05) is 181 Å². The Labute approximate surface area is 646 Å². The largest absolute Gasteiger partial charge is 0.423 e. The van der Waals surface area contributed by atoms with E-state index in [2.05, 4.69) is 341 Å². The molecule has 10 aliphatic rings. The van der Waals surface area contributed by atoms with Crippen molar-refractivity contribution in [3.05, 3.63) is 362 Å². The number of hydrogen-bond acceptors (Lipinski definition) is 16. The highest BCUT2D eigenvalue weighted by atomic mass is 32.1. The number of aromatic nitrogens is 8. The second-order valence-electron chi connectivity index (χ2n) is 29.4. The Morgan fingerprint density at radius 2 is 0.536 bits per heavy atom. The summed E-state index contributed by atoms with van der Waals surface area (Å²) in [5.74, 6) is 20.5. The fourth-order valence-electron chi connectivity index (χ4n) is 18.6. The SMILES string of the molecule is C1=CB2N(C=C1)B1C=C(c3cccc4c3oc3nc5ccccc5n34)C=CN1B1C=CC=CN1B1C=C(c3cccc4c3oc3nc5ccccc5n34)C=CN21.C1=CB2N3C=CC(c4cccc5c4oc4nc6ccccc6n45)=CB3N3C=CC=CB3N3C=CC(c4cccc5c4sc4nc6ccccc6n45)=CB3N2C=C1. The number of benzene rings is 8. The lowest BCUT2D eigenvalue weighted by atomic mass is 9.41. The molecule has 8 aromatic heterocycles. The molecule has 0 aliphatic carbocycles. The molecule has 0 spiro atoms. The van der Waals surface area contributed by atoms with Gasteiger partial charge in [0.1, 0.15) is 0 Å². The molecule has 0 N–H and O–H groups in total. The van der Waals surface area contributed by atoms with Gasteiger partial charge in [0.15, 0.2) is 21.7 Å². The monoisotopic (exact) mass is 1460 g/mol. The maximum Gasteiger partial charge on any atom is 0.381 e. The molecule has 26 rings (SSSR count). The Kier molecular flexibility index (Phi) is 13.1. The van der Waals surface area contributed by atoms with Crippen LogP contribution in [0.4, 0.5) is 0 Å². The van der Waals surface area contributed by atoms with Crippen LogP contribution in [0.25, 0.3) is 132 Å². The molecule has 8 aromatic carbocycles. The molecule has 19 nitrogen and oxygen atoms in total. The first-order valence-electron chi connectivity index (χ1n) is 37.9. The van der Waals surface area contributed by atoms with Crippen LogP contribution < -0.4 is 0 Å². The van der Waals surface area contributed by atoms with Gasteiger partial charge in [-0.15, -0.1) is 0 Å². The summed E-state index contributed by atoms with van der Waals surface area (Å²) in [5, 5.41) is 0. The molecule has 0 radical (unpaired) electrons. The second kappa shape index (κ2) is 23.8. The first-order chi connectivity index (χ1) is 55.5. The van der Waals surface area contributed by atoms with Crippen LogP contribution in [0.3, 0.4) is 0 Å². The van der Waals surface area contributed by atoms with E-state index >= 15 is 0 Å². The lowest BCUT2D eigenvalue weighted by Gasteiger charge is -2.53. The number of allylic oxidation sites excluding steroid dienone is 16. The van der Waals surface area contributed by atoms with Gasteiger partial charge < -0.3 is 51.0 Å². The van der Waals surface area contributed by atoms with E-state index < -0.39 is 0 Å². The first kappa shape index (κ1) is 62.0. The second-order valence-corrected chi connectivity index (χ2v) is 30.4. The van der Waals surface area contributed by atoms with Crippen molar-refractivity contribution in [2.45, 2.75) is 0 Å². The molecule has 2 fully saturated rings. The molecule has 520 valence electrons. The van der Waals surface area contributed by atoms with Crippen molar-refractivity contribution in [2.24, 2.45) is 0 Å². The van der Waals surface area contributed by atoms with Crippen LogP contribution in [0.15, 0.2) is 353 Å². The van der Waals surface area contributed by atoms with Crippen LogP contribution >= 0.6 is 11.3 Å². The number of fused-ring (bicyclic) bond motifs is 36. The summed E-state index contributed by atoms with van der Waals surface area (Å²) >= 11 is 1.76. The summed E-state index contributed by atoms with van der Waals surface area (Å²) in [6.07, 6.45) is 44.1. The van der Waals surface area contributed by atoms with Crippen molar-refractivity contribution in [3.63, 3.8) is 0 Å². The minimum atomic E-state index is -0.109. The molecule has 16 aromatic rings. The number of rotatable bonds is 4. The van der Waals surface area contributed by atoms with E-state index in [9.17, 15) is 0 Å². The molecule has 0 unspecified atom stereocenters. The van der Waals surface area contributed by atoms with Crippen LogP contribution in [0, 0.1) is 0 Å². The van der Waals surface area contributed by atoms with Gasteiger partial charge in [-0.05, 0) is 193 Å². The van der Waals surface area contributed by atoms with Crippen molar-refractivity contribution in [3.8, 4) is 0 Å². The van der Waals surface area contributed by atoms with Crippen LogP contribution in [-0.4, -0.2) is 131 Å². The minimum absolute atomic E-state index is 0.0444. The predicted octanol–water partition coefficient (Wildman–Crippen LogP) is 16.1. The smallest absolute Gasteiger partial charge is 0.381 e. The lowest BCUT2D eigenvalue weighted by molar-refractivity contribution is 0.622. The summed E-state index contributed by atoms with van der Waals surface area (Å²) < 4.78 is 49.2. The molecular weight excluding hydrogens is 1400 g/mol. The van der Waals surface area contributed by atoms with Gasteiger partial charge in [-0.3, -0.25) is 17.6 Å². The molecule has 0 bridgehead atoms. The highest BCUT2D eigenvalue weighted by Crippen LogP contribution is 2.43. The molecule has 0 amide bonds. The van der Waals surface area contributed by atoms with E-state index in [4.69, 9.17) is 33.2 Å². The number of thiazole rings is 1. The molecule has 0 saturated carbocycles. The number of hydrogen-bond donors (Lipinski definition) is 0. The average Bonchev–Trinajstić information content (AvgIpc) is 1.38. The zero-order chi connectivity index (χ0) is 73.0. The van der Waals surface area contributed by atoms with Gasteiger partial charge in [-0.25, -0.2) is 4.98 Å². The Morgan fingerprint density at radius 3 is 0.893 bits per heavy atom. The normalized spacial score (nSPS) is 17.5. The van der Waals surface area contributed by atoms with E-state index in [1.165, 1.54) is 21.4 Å². The van der Waals surface area contributed by atoms with Crippen molar-refractivity contribution >= 4 is 200 Å². The third-order valence-corrected chi connectivity index (χ3v) is 24.7. The zero-order valence-corrected chi connectivity index (χ0v) is 60.6. The zero-order valence-electron chi connectivity index (χ0n) is 59.7. The molecule has 10 aliphatic heterocycles. The lowest BCUT2D eigenvalue weighted by Crippen LogP contribution is -2.73. The fourth-order valence-corrected chi connectivity index (χ4v) is 19.8. The number of oxazole rings is 3. The van der Waals surface area contributed by atoms with Crippen LogP contribution in [-0.2, 0) is 0 Å². The summed E-state index contributed by atoms with van der Waals surface area (Å²) in [6.45, 7) is -0.601. The van der Waals surface area contributed by atoms with Gasteiger partial charge in [0, 0.05) is 22.3 Å². The van der Waals surface area contributed by atoms with E-state index in [0.29, 0.717) is 17.5 Å². The van der Waals surface area contributed by atoms with Crippen molar-refractivity contribution in [2.75, 3.05) is 0 Å². The Morgan fingerprint density at radius 1 is 0.250 bits per heavy atom. The minimum Gasteiger partial charge on any atom is -0.423 e. The van der Waals surface area contributed by atoms with E-state index in [1.54, 1.807) is 11.3 Å². The maximum atomic E-state index is 6.54. The summed E-state index contributed by atoms with van der Waals surface area (Å²) in [5.41, 5.74) is 23.6. The standard InChI is InChI=1S/C42H28B4N8O2.C42H28B4N8OS/c2*1-3-15-35-33(13-1)47-41-53(35)37-17-9-11-31(39(37)55-41)29-19-25-51-44-22-6-8-24-50(44)46-28-30(20-26-52(46)43-21-5-7-23-49(43)45(51)27-29)32-12-10-18-38-40(32)56-42-48-34-14-2-4-16-36(34)54(38)42/h2*1-28H. The van der Waals surface area contributed by atoms with E-state index in [0.717, 1.165) is 116 Å². The van der Waals surface area contributed by atoms with E-state index in [-0.39, 0.29) is 55.9 Å².